The van der Waals surface area contributed by atoms with Gasteiger partial charge < -0.3 is 4.74 Å². The number of rotatable bonds is 2. The number of hydrogen-bond acceptors (Lipinski definition) is 2. The van der Waals surface area contributed by atoms with E-state index >= 15 is 0 Å². The van der Waals surface area contributed by atoms with Crippen LogP contribution in [0.4, 0.5) is 8.78 Å². The van der Waals surface area contributed by atoms with Gasteiger partial charge in [-0.15, -0.1) is 0 Å². The van der Waals surface area contributed by atoms with Crippen LogP contribution in [0.2, 0.25) is 0 Å². The van der Waals surface area contributed by atoms with Gasteiger partial charge in [-0.05, 0) is 22.0 Å². The van der Waals surface area contributed by atoms with Crippen LogP contribution in [-0.4, -0.2) is 12.1 Å². The molecule has 1 atom stereocenters. The minimum Gasteiger partial charge on any atom is -0.481 e. The molecule has 0 saturated heterocycles. The summed E-state index contributed by atoms with van der Waals surface area (Å²) in [7, 11) is 1.40. The number of ether oxygens (including phenoxy) is 1. The van der Waals surface area contributed by atoms with Crippen molar-refractivity contribution in [3.8, 4) is 5.88 Å². The quantitative estimate of drug-likeness (QED) is 0.785. The van der Waals surface area contributed by atoms with Crippen molar-refractivity contribution in [2.45, 2.75) is 5.08 Å². The van der Waals surface area contributed by atoms with Gasteiger partial charge in [-0.25, -0.2) is 13.8 Å². The van der Waals surface area contributed by atoms with Crippen LogP contribution in [-0.2, 0) is 0 Å². The highest BCUT2D eigenvalue weighted by Gasteiger charge is 2.14. The highest BCUT2D eigenvalue weighted by atomic mass is 79.9. The van der Waals surface area contributed by atoms with Crippen LogP contribution in [0.1, 0.15) is 10.6 Å². The largest absolute Gasteiger partial charge is 0.481 e. The smallest absolute Gasteiger partial charge is 0.214 e. The zero-order valence-corrected chi connectivity index (χ0v) is 9.96. The third-order valence-electron chi connectivity index (χ3n) is 2.24. The van der Waals surface area contributed by atoms with E-state index in [2.05, 4.69) is 20.9 Å². The molecule has 1 heterocycles. The van der Waals surface area contributed by atoms with Crippen molar-refractivity contribution in [2.24, 2.45) is 0 Å². The van der Waals surface area contributed by atoms with E-state index in [4.69, 9.17) is 4.74 Å². The van der Waals surface area contributed by atoms with Gasteiger partial charge >= 0.3 is 0 Å². The normalized spacial score (nSPS) is 12.8. The van der Waals surface area contributed by atoms with E-state index in [-0.39, 0.29) is 11.4 Å². The average Bonchev–Trinajstić information content (AvgIpc) is 2.28. The topological polar surface area (TPSA) is 22.1 Å². The van der Waals surface area contributed by atoms with E-state index in [0.717, 1.165) is 0 Å². The number of nitrogens with zero attached hydrogens (tertiary/aromatic N) is 1. The fourth-order valence-electron chi connectivity index (χ4n) is 1.50. The van der Waals surface area contributed by atoms with Crippen molar-refractivity contribution in [3.05, 3.63) is 35.6 Å². The maximum atomic E-state index is 13.5. The molecule has 0 amide bonds. The van der Waals surface area contributed by atoms with Crippen molar-refractivity contribution >= 4 is 26.8 Å². The summed E-state index contributed by atoms with van der Waals surface area (Å²) in [6, 6.07) is 5.86. The summed E-state index contributed by atoms with van der Waals surface area (Å²) in [4.78, 5) is 3.95. The standard InChI is InChI=1S/C11H8BrF2NO/c1-16-9-5-7(11(12)14)6-3-2-4-8(13)10(6)15-9/h2-5,11H,1H3. The second kappa shape index (κ2) is 4.33. The second-order valence-corrected chi connectivity index (χ2v) is 3.99. The zero-order valence-electron chi connectivity index (χ0n) is 8.38. The molecular formula is C11H8BrF2NO. The van der Waals surface area contributed by atoms with E-state index < -0.39 is 10.9 Å². The Bertz CT molecular complexity index is 531. The van der Waals surface area contributed by atoms with Gasteiger partial charge in [-0.1, -0.05) is 12.1 Å². The van der Waals surface area contributed by atoms with Crippen molar-refractivity contribution in [1.29, 1.82) is 0 Å². The molecule has 1 aromatic carbocycles. The minimum absolute atomic E-state index is 0.110. The number of alkyl halides is 2. The average molecular weight is 288 g/mol. The third-order valence-corrected chi connectivity index (χ3v) is 2.74. The Balaban J connectivity index is 2.82. The SMILES string of the molecule is COc1cc(C(F)Br)c2cccc(F)c2n1. The van der Waals surface area contributed by atoms with Gasteiger partial charge in [-0.2, -0.15) is 0 Å². The van der Waals surface area contributed by atoms with Gasteiger partial charge in [-0.3, -0.25) is 0 Å². The highest BCUT2D eigenvalue weighted by molar-refractivity contribution is 9.09. The van der Waals surface area contributed by atoms with E-state index in [0.29, 0.717) is 10.9 Å². The van der Waals surface area contributed by atoms with E-state index in [9.17, 15) is 8.78 Å². The Morgan fingerprint density at radius 2 is 2.19 bits per heavy atom. The summed E-state index contributed by atoms with van der Waals surface area (Å²) in [5.41, 5.74) is 0.417. The molecule has 1 aromatic heterocycles. The monoisotopic (exact) mass is 287 g/mol. The fraction of sp³-hybridized carbons (Fsp3) is 0.182. The molecule has 5 heteroatoms. The van der Waals surface area contributed by atoms with Crippen LogP contribution in [0.5, 0.6) is 5.88 Å². The number of benzene rings is 1. The molecule has 2 rings (SSSR count). The van der Waals surface area contributed by atoms with Gasteiger partial charge in [0.2, 0.25) is 5.88 Å². The van der Waals surface area contributed by atoms with Gasteiger partial charge in [0, 0.05) is 17.0 Å². The number of pyridine rings is 1. The van der Waals surface area contributed by atoms with Crippen molar-refractivity contribution in [1.82, 2.24) is 4.98 Å². The minimum atomic E-state index is -1.38. The Morgan fingerprint density at radius 1 is 1.44 bits per heavy atom. The molecule has 0 radical (unpaired) electrons. The van der Waals surface area contributed by atoms with Gasteiger partial charge in [0.25, 0.3) is 0 Å². The van der Waals surface area contributed by atoms with Gasteiger partial charge in [0.15, 0.2) is 5.08 Å². The van der Waals surface area contributed by atoms with Crippen molar-refractivity contribution < 1.29 is 13.5 Å². The first-order valence-corrected chi connectivity index (χ1v) is 5.46. The summed E-state index contributed by atoms with van der Waals surface area (Å²) in [6.45, 7) is 0. The van der Waals surface area contributed by atoms with Crippen LogP contribution in [0.15, 0.2) is 24.3 Å². The van der Waals surface area contributed by atoms with E-state index in [1.807, 2.05) is 0 Å². The van der Waals surface area contributed by atoms with Gasteiger partial charge in [0.05, 0.1) is 7.11 Å². The molecule has 16 heavy (non-hydrogen) atoms. The van der Waals surface area contributed by atoms with Crippen molar-refractivity contribution in [2.75, 3.05) is 7.11 Å². The van der Waals surface area contributed by atoms with Crippen LogP contribution in [0.3, 0.4) is 0 Å². The number of aromatic nitrogens is 1. The van der Waals surface area contributed by atoms with Crippen LogP contribution < -0.4 is 4.74 Å². The van der Waals surface area contributed by atoms with Crippen LogP contribution in [0, 0.1) is 5.82 Å². The van der Waals surface area contributed by atoms with Crippen LogP contribution >= 0.6 is 15.9 Å². The Labute approximate surface area is 99.4 Å². The van der Waals surface area contributed by atoms with Crippen LogP contribution in [0.25, 0.3) is 10.9 Å². The lowest BCUT2D eigenvalue weighted by atomic mass is 10.1. The summed E-state index contributed by atoms with van der Waals surface area (Å²) in [5.74, 6) is -0.305. The Kier molecular flexibility index (Phi) is 3.05. The lowest BCUT2D eigenvalue weighted by molar-refractivity contribution is 0.396. The number of hydrogen-bond donors (Lipinski definition) is 0. The fourth-order valence-corrected chi connectivity index (χ4v) is 1.88. The molecule has 0 aliphatic rings. The molecule has 0 fully saturated rings. The molecule has 0 N–H and O–H groups in total. The molecular weight excluding hydrogens is 280 g/mol. The predicted molar refractivity (Wildman–Crippen MR) is 61.0 cm³/mol. The number of methoxy groups -OCH3 is 1. The molecule has 0 bridgehead atoms. The van der Waals surface area contributed by atoms with Gasteiger partial charge in [0.1, 0.15) is 11.3 Å². The molecule has 0 aliphatic carbocycles. The molecule has 2 nitrogen and oxygen atoms in total. The molecule has 84 valence electrons. The van der Waals surface area contributed by atoms with E-state index in [1.165, 1.54) is 25.3 Å². The first kappa shape index (κ1) is 11.3. The summed E-state index contributed by atoms with van der Waals surface area (Å²) < 4.78 is 31.7. The summed E-state index contributed by atoms with van der Waals surface area (Å²) in [5, 5.41) is -0.945. The number of fused-ring (bicyclic) bond motifs is 1. The maximum Gasteiger partial charge on any atom is 0.214 e. The third kappa shape index (κ3) is 1.87. The lowest BCUT2D eigenvalue weighted by Gasteiger charge is -2.09. The summed E-state index contributed by atoms with van der Waals surface area (Å²) >= 11 is 2.82. The number of halogens is 3. The Morgan fingerprint density at radius 3 is 2.81 bits per heavy atom. The lowest BCUT2D eigenvalue weighted by Crippen LogP contribution is -1.95. The molecule has 0 spiro atoms. The molecule has 2 aromatic rings. The first-order chi connectivity index (χ1) is 7.63. The van der Waals surface area contributed by atoms with Crippen molar-refractivity contribution in [3.63, 3.8) is 0 Å². The maximum absolute atomic E-state index is 13.5. The molecule has 0 saturated carbocycles. The predicted octanol–water partition coefficient (Wildman–Crippen LogP) is 3.75. The Hall–Kier alpha value is -1.23. The highest BCUT2D eigenvalue weighted by Crippen LogP contribution is 2.33. The first-order valence-electron chi connectivity index (χ1n) is 4.55. The summed E-state index contributed by atoms with van der Waals surface area (Å²) in [6.07, 6.45) is 0. The number of para-hydroxylation sites is 1. The molecule has 0 aliphatic heterocycles. The zero-order chi connectivity index (χ0) is 11.7. The molecule has 1 unspecified atom stereocenters. The van der Waals surface area contributed by atoms with E-state index in [1.54, 1.807) is 6.07 Å². The second-order valence-electron chi connectivity index (χ2n) is 3.19.